The van der Waals surface area contributed by atoms with Crippen LogP contribution in [0.5, 0.6) is 0 Å². The third kappa shape index (κ3) is 3.22. The van der Waals surface area contributed by atoms with Gasteiger partial charge in [-0.2, -0.15) is 0 Å². The number of imide groups is 1. The minimum Gasteiger partial charge on any atom is -0.447 e. The topological polar surface area (TPSA) is 58.6 Å². The van der Waals surface area contributed by atoms with Crippen LogP contribution in [0, 0.1) is 5.92 Å². The fraction of sp³-hybridized carbons (Fsp3) is 0.333. The molecule has 0 aliphatic carbocycles. The summed E-state index contributed by atoms with van der Waals surface area (Å²) in [6.07, 6.45) is 0.101. The van der Waals surface area contributed by atoms with Gasteiger partial charge in [0.1, 0.15) is 6.61 Å². The highest BCUT2D eigenvalue weighted by atomic mass is 16.6. The second-order valence-corrected chi connectivity index (χ2v) is 6.91. The number of carbonyl (C=O) groups excluding carboxylic acids is 2. The second-order valence-electron chi connectivity index (χ2n) is 6.91. The normalized spacial score (nSPS) is 25.3. The van der Waals surface area contributed by atoms with Gasteiger partial charge in [0, 0.05) is 19.0 Å². The Hall–Kier alpha value is -2.66. The molecule has 0 spiro atoms. The SMILES string of the molecule is O=C1OC[C@@H](Cc2ccccc2)N1C(=O)[C@H]1CNC[C@@H]1c1ccccc1. The summed E-state index contributed by atoms with van der Waals surface area (Å²) >= 11 is 0. The van der Waals surface area contributed by atoms with Crippen molar-refractivity contribution in [2.75, 3.05) is 19.7 Å². The molecule has 2 fully saturated rings. The monoisotopic (exact) mass is 350 g/mol. The van der Waals surface area contributed by atoms with Crippen LogP contribution in [0.4, 0.5) is 4.79 Å². The van der Waals surface area contributed by atoms with E-state index in [0.29, 0.717) is 13.0 Å². The molecule has 2 aromatic rings. The molecule has 2 amide bonds. The molecule has 0 radical (unpaired) electrons. The first-order valence-electron chi connectivity index (χ1n) is 9.03. The summed E-state index contributed by atoms with van der Waals surface area (Å²) in [5, 5.41) is 3.31. The molecule has 134 valence electrons. The van der Waals surface area contributed by atoms with Crippen LogP contribution >= 0.6 is 0 Å². The van der Waals surface area contributed by atoms with E-state index in [0.717, 1.165) is 17.7 Å². The number of ether oxygens (including phenoxy) is 1. The third-order valence-corrected chi connectivity index (χ3v) is 5.27. The average molecular weight is 350 g/mol. The Kier molecular flexibility index (Phi) is 4.71. The summed E-state index contributed by atoms with van der Waals surface area (Å²) in [4.78, 5) is 26.9. The van der Waals surface area contributed by atoms with Gasteiger partial charge in [0.2, 0.25) is 5.91 Å². The van der Waals surface area contributed by atoms with Crippen LogP contribution in [0.3, 0.4) is 0 Å². The van der Waals surface area contributed by atoms with Gasteiger partial charge in [-0.3, -0.25) is 4.79 Å². The summed E-state index contributed by atoms with van der Waals surface area (Å²) < 4.78 is 5.22. The number of nitrogens with one attached hydrogen (secondary N) is 1. The van der Waals surface area contributed by atoms with Crippen molar-refractivity contribution in [2.45, 2.75) is 18.4 Å². The Balaban J connectivity index is 1.54. The van der Waals surface area contributed by atoms with Crippen molar-refractivity contribution < 1.29 is 14.3 Å². The highest BCUT2D eigenvalue weighted by molar-refractivity contribution is 5.95. The maximum atomic E-state index is 13.2. The molecule has 0 aromatic heterocycles. The van der Waals surface area contributed by atoms with Crippen LogP contribution in [-0.4, -0.2) is 42.6 Å². The predicted molar refractivity (Wildman–Crippen MR) is 97.7 cm³/mol. The van der Waals surface area contributed by atoms with E-state index in [1.807, 2.05) is 60.7 Å². The number of nitrogens with zero attached hydrogens (tertiary/aromatic N) is 1. The molecule has 2 aliphatic heterocycles. The molecule has 3 atom stereocenters. The van der Waals surface area contributed by atoms with Crippen LogP contribution in [0.1, 0.15) is 17.0 Å². The molecule has 0 unspecified atom stereocenters. The zero-order valence-corrected chi connectivity index (χ0v) is 14.5. The molecular weight excluding hydrogens is 328 g/mol. The van der Waals surface area contributed by atoms with Crippen molar-refractivity contribution >= 4 is 12.0 Å². The van der Waals surface area contributed by atoms with Gasteiger partial charge >= 0.3 is 6.09 Å². The first-order chi connectivity index (χ1) is 12.7. The quantitative estimate of drug-likeness (QED) is 0.921. The molecule has 5 heteroatoms. The van der Waals surface area contributed by atoms with E-state index < -0.39 is 6.09 Å². The van der Waals surface area contributed by atoms with Crippen molar-refractivity contribution in [3.05, 3.63) is 71.8 Å². The van der Waals surface area contributed by atoms with Crippen molar-refractivity contribution in [2.24, 2.45) is 5.92 Å². The molecular formula is C21H22N2O3. The van der Waals surface area contributed by atoms with Crippen molar-refractivity contribution in [1.82, 2.24) is 10.2 Å². The maximum Gasteiger partial charge on any atom is 0.416 e. The Morgan fingerprint density at radius 1 is 1.04 bits per heavy atom. The largest absolute Gasteiger partial charge is 0.447 e. The fourth-order valence-corrected chi connectivity index (χ4v) is 3.93. The molecule has 0 saturated carbocycles. The van der Waals surface area contributed by atoms with Crippen LogP contribution < -0.4 is 5.32 Å². The molecule has 1 N–H and O–H groups in total. The lowest BCUT2D eigenvalue weighted by Crippen LogP contribution is -2.45. The zero-order valence-electron chi connectivity index (χ0n) is 14.5. The van der Waals surface area contributed by atoms with E-state index in [1.54, 1.807) is 0 Å². The van der Waals surface area contributed by atoms with Gasteiger partial charge in [0.25, 0.3) is 0 Å². The Morgan fingerprint density at radius 2 is 1.73 bits per heavy atom. The smallest absolute Gasteiger partial charge is 0.416 e. The van der Waals surface area contributed by atoms with Crippen molar-refractivity contribution in [3.63, 3.8) is 0 Å². The summed E-state index contributed by atoms with van der Waals surface area (Å²) in [7, 11) is 0. The molecule has 2 aromatic carbocycles. The standard InChI is InChI=1S/C21H22N2O3/c24-20(19-13-22-12-18(19)16-9-5-2-6-10-16)23-17(14-26-21(23)25)11-15-7-3-1-4-8-15/h1-10,17-19,22H,11-14H2/t17-,18-,19+/m1/s1. The summed E-state index contributed by atoms with van der Waals surface area (Å²) in [6.45, 7) is 1.59. The first-order valence-corrected chi connectivity index (χ1v) is 9.03. The van der Waals surface area contributed by atoms with Crippen LogP contribution in [-0.2, 0) is 16.0 Å². The molecule has 26 heavy (non-hydrogen) atoms. The summed E-state index contributed by atoms with van der Waals surface area (Å²) in [5.41, 5.74) is 2.22. The number of cyclic esters (lactones) is 1. The minimum atomic E-state index is -0.519. The zero-order chi connectivity index (χ0) is 17.9. The van der Waals surface area contributed by atoms with Gasteiger partial charge in [0.15, 0.2) is 0 Å². The number of hydrogen-bond acceptors (Lipinski definition) is 4. The van der Waals surface area contributed by atoms with E-state index in [9.17, 15) is 9.59 Å². The molecule has 2 saturated heterocycles. The molecule has 2 aliphatic rings. The molecule has 4 rings (SSSR count). The highest BCUT2D eigenvalue weighted by Gasteiger charge is 2.44. The predicted octanol–water partition coefficient (Wildman–Crippen LogP) is 2.58. The summed E-state index contributed by atoms with van der Waals surface area (Å²) in [6, 6.07) is 19.7. The number of hydrogen-bond donors (Lipinski definition) is 1. The van der Waals surface area contributed by atoms with Crippen LogP contribution in [0.15, 0.2) is 60.7 Å². The van der Waals surface area contributed by atoms with E-state index in [2.05, 4.69) is 5.32 Å². The van der Waals surface area contributed by atoms with Crippen LogP contribution in [0.2, 0.25) is 0 Å². The van der Waals surface area contributed by atoms with Crippen molar-refractivity contribution in [1.29, 1.82) is 0 Å². The van der Waals surface area contributed by atoms with Gasteiger partial charge < -0.3 is 10.1 Å². The van der Waals surface area contributed by atoms with Gasteiger partial charge in [-0.15, -0.1) is 0 Å². The number of amides is 2. The second kappa shape index (κ2) is 7.30. The lowest BCUT2D eigenvalue weighted by molar-refractivity contribution is -0.133. The molecule has 2 heterocycles. The van der Waals surface area contributed by atoms with Gasteiger partial charge in [-0.1, -0.05) is 60.7 Å². The first kappa shape index (κ1) is 16.8. The van der Waals surface area contributed by atoms with Gasteiger partial charge in [-0.05, 0) is 17.5 Å². The van der Waals surface area contributed by atoms with E-state index in [1.165, 1.54) is 4.90 Å². The van der Waals surface area contributed by atoms with Gasteiger partial charge in [0.05, 0.1) is 12.0 Å². The minimum absolute atomic E-state index is 0.0782. The van der Waals surface area contributed by atoms with E-state index >= 15 is 0 Å². The third-order valence-electron chi connectivity index (χ3n) is 5.27. The number of benzene rings is 2. The Morgan fingerprint density at radius 3 is 2.46 bits per heavy atom. The van der Waals surface area contributed by atoms with E-state index in [-0.39, 0.29) is 30.4 Å². The fourth-order valence-electron chi connectivity index (χ4n) is 3.93. The van der Waals surface area contributed by atoms with Crippen molar-refractivity contribution in [3.8, 4) is 0 Å². The number of carbonyl (C=O) groups is 2. The molecule has 0 bridgehead atoms. The average Bonchev–Trinajstić information content (AvgIpc) is 3.30. The van der Waals surface area contributed by atoms with Gasteiger partial charge in [-0.25, -0.2) is 9.69 Å². The Labute approximate surface area is 153 Å². The maximum absolute atomic E-state index is 13.2. The Bertz CT molecular complexity index is 778. The van der Waals surface area contributed by atoms with Crippen LogP contribution in [0.25, 0.3) is 0 Å². The van der Waals surface area contributed by atoms with E-state index in [4.69, 9.17) is 4.74 Å². The highest BCUT2D eigenvalue weighted by Crippen LogP contribution is 2.31. The lowest BCUT2D eigenvalue weighted by Gasteiger charge is -2.25. The molecule has 5 nitrogen and oxygen atoms in total. The number of rotatable bonds is 4. The summed E-state index contributed by atoms with van der Waals surface area (Å²) in [5.74, 6) is -0.303. The lowest BCUT2D eigenvalue weighted by atomic mass is 9.87.